The molecule has 2 aromatic heterocycles. The highest BCUT2D eigenvalue weighted by atomic mass is 79.9. The Bertz CT molecular complexity index is 594. The number of hydrogen-bond acceptors (Lipinski definition) is 3. The van der Waals surface area contributed by atoms with Gasteiger partial charge in [-0.15, -0.1) is 11.3 Å². The van der Waals surface area contributed by atoms with Crippen LogP contribution in [-0.4, -0.2) is 16.3 Å². The maximum absolute atomic E-state index is 6.33. The summed E-state index contributed by atoms with van der Waals surface area (Å²) < 4.78 is 3.11. The fourth-order valence-corrected chi connectivity index (χ4v) is 4.41. The van der Waals surface area contributed by atoms with Crippen molar-refractivity contribution in [2.45, 2.75) is 39.2 Å². The Kier molecular flexibility index (Phi) is 6.29. The Morgan fingerprint density at radius 2 is 2.24 bits per heavy atom. The first-order valence-corrected chi connectivity index (χ1v) is 9.30. The molecule has 6 heteroatoms. The molecular weight excluding hydrogens is 370 g/mol. The van der Waals surface area contributed by atoms with Gasteiger partial charge in [0.15, 0.2) is 0 Å². The van der Waals surface area contributed by atoms with Crippen LogP contribution in [0.2, 0.25) is 5.02 Å². The molecule has 0 fully saturated rings. The largest absolute Gasteiger partial charge is 0.309 e. The van der Waals surface area contributed by atoms with E-state index in [1.807, 2.05) is 23.2 Å². The standard InChI is InChI=1S/C15H21BrClN3S/c1-4-7-18-12(15-10(17)6-8-21-15)9-13-14(16)11(5-2)19-20(13)3/h6,8,12,18H,4-5,7,9H2,1-3H3. The summed E-state index contributed by atoms with van der Waals surface area (Å²) in [6, 6.07) is 2.20. The zero-order chi connectivity index (χ0) is 15.4. The molecule has 0 aliphatic rings. The molecule has 2 heterocycles. The summed E-state index contributed by atoms with van der Waals surface area (Å²) in [7, 11) is 2.01. The molecule has 1 atom stereocenters. The minimum atomic E-state index is 0.230. The summed E-state index contributed by atoms with van der Waals surface area (Å²) in [6.45, 7) is 5.28. The first-order valence-electron chi connectivity index (χ1n) is 7.24. The predicted octanol–water partition coefficient (Wildman–Crippen LogP) is 4.74. The molecule has 1 N–H and O–H groups in total. The summed E-state index contributed by atoms with van der Waals surface area (Å²) in [5, 5.41) is 11.1. The lowest BCUT2D eigenvalue weighted by Crippen LogP contribution is -2.24. The fourth-order valence-electron chi connectivity index (χ4n) is 2.37. The van der Waals surface area contributed by atoms with Crippen molar-refractivity contribution in [3.63, 3.8) is 0 Å². The van der Waals surface area contributed by atoms with Gasteiger partial charge >= 0.3 is 0 Å². The average molecular weight is 391 g/mol. The van der Waals surface area contributed by atoms with Gasteiger partial charge in [-0.25, -0.2) is 0 Å². The number of aryl methyl sites for hydroxylation is 2. The van der Waals surface area contributed by atoms with Gasteiger partial charge in [0.25, 0.3) is 0 Å². The Labute approximate surface area is 143 Å². The number of hydrogen-bond donors (Lipinski definition) is 1. The molecule has 1 unspecified atom stereocenters. The fraction of sp³-hybridized carbons (Fsp3) is 0.533. The minimum absolute atomic E-state index is 0.230. The number of rotatable bonds is 7. The van der Waals surface area contributed by atoms with Crippen LogP contribution in [0.5, 0.6) is 0 Å². The molecule has 0 spiro atoms. The lowest BCUT2D eigenvalue weighted by Gasteiger charge is -2.18. The molecule has 0 aliphatic carbocycles. The van der Waals surface area contributed by atoms with Gasteiger partial charge in [-0.1, -0.05) is 25.4 Å². The van der Waals surface area contributed by atoms with Gasteiger partial charge in [-0.2, -0.15) is 5.10 Å². The van der Waals surface area contributed by atoms with Gasteiger partial charge in [0.2, 0.25) is 0 Å². The normalized spacial score (nSPS) is 12.8. The van der Waals surface area contributed by atoms with Gasteiger partial charge in [0.1, 0.15) is 0 Å². The van der Waals surface area contributed by atoms with Gasteiger partial charge in [-0.3, -0.25) is 4.68 Å². The molecule has 0 saturated heterocycles. The van der Waals surface area contributed by atoms with E-state index in [1.54, 1.807) is 11.3 Å². The molecule has 0 saturated carbocycles. The van der Waals surface area contributed by atoms with E-state index in [4.69, 9.17) is 11.6 Å². The predicted molar refractivity (Wildman–Crippen MR) is 94.4 cm³/mol. The second-order valence-corrected chi connectivity index (χ2v) is 7.18. The van der Waals surface area contributed by atoms with Crippen LogP contribution in [-0.2, 0) is 19.9 Å². The Hall–Kier alpha value is -0.360. The highest BCUT2D eigenvalue weighted by Gasteiger charge is 2.21. The number of aromatic nitrogens is 2. The van der Waals surface area contributed by atoms with E-state index in [0.717, 1.165) is 41.0 Å². The first kappa shape index (κ1) is 17.0. The molecule has 116 valence electrons. The molecular formula is C15H21BrClN3S. The van der Waals surface area contributed by atoms with Crippen LogP contribution in [0.4, 0.5) is 0 Å². The van der Waals surface area contributed by atoms with Crippen molar-refractivity contribution in [2.75, 3.05) is 6.54 Å². The van der Waals surface area contributed by atoms with Crippen LogP contribution < -0.4 is 5.32 Å². The molecule has 2 rings (SSSR count). The molecule has 2 aromatic rings. The third kappa shape index (κ3) is 3.89. The highest BCUT2D eigenvalue weighted by molar-refractivity contribution is 9.10. The van der Waals surface area contributed by atoms with Gasteiger partial charge in [-0.05, 0) is 46.8 Å². The van der Waals surface area contributed by atoms with E-state index >= 15 is 0 Å². The molecule has 0 aromatic carbocycles. The van der Waals surface area contributed by atoms with Crippen molar-refractivity contribution in [1.82, 2.24) is 15.1 Å². The molecule has 0 aliphatic heterocycles. The lowest BCUT2D eigenvalue weighted by molar-refractivity contribution is 0.518. The second kappa shape index (κ2) is 7.77. The minimum Gasteiger partial charge on any atom is -0.309 e. The van der Waals surface area contributed by atoms with E-state index in [2.05, 4.69) is 40.2 Å². The second-order valence-electron chi connectivity index (χ2n) is 5.03. The van der Waals surface area contributed by atoms with Crippen LogP contribution >= 0.6 is 38.9 Å². The monoisotopic (exact) mass is 389 g/mol. The van der Waals surface area contributed by atoms with Crippen molar-refractivity contribution in [3.8, 4) is 0 Å². The zero-order valence-corrected chi connectivity index (χ0v) is 15.8. The van der Waals surface area contributed by atoms with Gasteiger partial charge < -0.3 is 5.32 Å². The molecule has 0 amide bonds. The SMILES string of the molecule is CCCNC(Cc1c(Br)c(CC)nn1C)c1sccc1Cl. The number of nitrogens with one attached hydrogen (secondary N) is 1. The van der Waals surface area contributed by atoms with Crippen molar-refractivity contribution >= 4 is 38.9 Å². The maximum Gasteiger partial charge on any atom is 0.0766 e. The number of thiophene rings is 1. The summed E-state index contributed by atoms with van der Waals surface area (Å²) in [4.78, 5) is 1.20. The average Bonchev–Trinajstić information content (AvgIpc) is 3.00. The Morgan fingerprint density at radius 3 is 2.76 bits per heavy atom. The lowest BCUT2D eigenvalue weighted by atomic mass is 10.1. The summed E-state index contributed by atoms with van der Waals surface area (Å²) in [6.07, 6.45) is 2.91. The van der Waals surface area contributed by atoms with E-state index < -0.39 is 0 Å². The third-order valence-electron chi connectivity index (χ3n) is 3.50. The van der Waals surface area contributed by atoms with Gasteiger partial charge in [0.05, 0.1) is 20.9 Å². The maximum atomic E-state index is 6.33. The zero-order valence-electron chi connectivity index (χ0n) is 12.6. The van der Waals surface area contributed by atoms with Crippen molar-refractivity contribution in [1.29, 1.82) is 0 Å². The summed E-state index contributed by atoms with van der Waals surface area (Å²) >= 11 is 11.7. The van der Waals surface area contributed by atoms with E-state index in [9.17, 15) is 0 Å². The first-order chi connectivity index (χ1) is 10.1. The Balaban J connectivity index is 2.27. The summed E-state index contributed by atoms with van der Waals surface area (Å²) in [5.74, 6) is 0. The molecule has 0 radical (unpaired) electrons. The Morgan fingerprint density at radius 1 is 1.48 bits per heavy atom. The number of nitrogens with zero attached hydrogens (tertiary/aromatic N) is 2. The smallest absolute Gasteiger partial charge is 0.0766 e. The topological polar surface area (TPSA) is 29.9 Å². The quantitative estimate of drug-likeness (QED) is 0.739. The molecule has 21 heavy (non-hydrogen) atoms. The van der Waals surface area contributed by atoms with E-state index in [0.29, 0.717) is 0 Å². The van der Waals surface area contributed by atoms with Crippen LogP contribution in [0, 0.1) is 0 Å². The van der Waals surface area contributed by atoms with E-state index in [1.165, 1.54) is 10.6 Å². The summed E-state index contributed by atoms with van der Waals surface area (Å²) in [5.41, 5.74) is 2.32. The van der Waals surface area contributed by atoms with E-state index in [-0.39, 0.29) is 6.04 Å². The number of halogens is 2. The van der Waals surface area contributed by atoms with Crippen LogP contribution in [0.15, 0.2) is 15.9 Å². The third-order valence-corrected chi connectivity index (χ3v) is 5.89. The van der Waals surface area contributed by atoms with Crippen LogP contribution in [0.25, 0.3) is 0 Å². The molecule has 0 bridgehead atoms. The van der Waals surface area contributed by atoms with Crippen molar-refractivity contribution < 1.29 is 0 Å². The molecule has 3 nitrogen and oxygen atoms in total. The van der Waals surface area contributed by atoms with Crippen molar-refractivity contribution in [3.05, 3.63) is 37.2 Å². The van der Waals surface area contributed by atoms with Gasteiger partial charge in [0, 0.05) is 24.4 Å². The van der Waals surface area contributed by atoms with Crippen LogP contribution in [0.1, 0.15) is 42.6 Å². The van der Waals surface area contributed by atoms with Crippen molar-refractivity contribution in [2.24, 2.45) is 7.05 Å². The highest BCUT2D eigenvalue weighted by Crippen LogP contribution is 2.33. The van der Waals surface area contributed by atoms with Crippen LogP contribution in [0.3, 0.4) is 0 Å².